The van der Waals surface area contributed by atoms with Gasteiger partial charge in [0, 0.05) is 12.5 Å². The predicted molar refractivity (Wildman–Crippen MR) is 61.1 cm³/mol. The molecule has 1 fully saturated rings. The van der Waals surface area contributed by atoms with Gasteiger partial charge in [0.2, 0.25) is 5.91 Å². The van der Waals surface area contributed by atoms with Gasteiger partial charge in [-0.1, -0.05) is 0 Å². The first-order valence-electron chi connectivity index (χ1n) is 5.37. The van der Waals surface area contributed by atoms with Gasteiger partial charge < -0.3 is 10.2 Å². The fraction of sp³-hybridized carbons (Fsp3) is 0.900. The van der Waals surface area contributed by atoms with Crippen molar-refractivity contribution in [3.63, 3.8) is 0 Å². The third-order valence-corrected chi connectivity index (χ3v) is 2.46. The highest BCUT2D eigenvalue weighted by Gasteiger charge is 2.33. The molecule has 0 aliphatic heterocycles. The summed E-state index contributed by atoms with van der Waals surface area (Å²) in [5, 5.41) is 2.93. The normalized spacial score (nSPS) is 14.8. The molecule has 0 aromatic heterocycles. The van der Waals surface area contributed by atoms with Crippen molar-refractivity contribution in [2.75, 3.05) is 20.1 Å². The van der Waals surface area contributed by atoms with Crippen molar-refractivity contribution in [1.29, 1.82) is 0 Å². The van der Waals surface area contributed by atoms with E-state index in [-0.39, 0.29) is 24.4 Å². The van der Waals surface area contributed by atoms with Crippen LogP contribution in [0.15, 0.2) is 0 Å². The lowest BCUT2D eigenvalue weighted by atomic mass is 10.2. The highest BCUT2D eigenvalue weighted by Crippen LogP contribution is 2.28. The zero-order chi connectivity index (χ0) is 11.3. The van der Waals surface area contributed by atoms with E-state index in [2.05, 4.69) is 5.32 Å². The van der Waals surface area contributed by atoms with E-state index in [1.54, 1.807) is 0 Å². The molecular weight excluding hydrogens is 238 g/mol. The van der Waals surface area contributed by atoms with Crippen LogP contribution < -0.4 is 5.32 Å². The highest BCUT2D eigenvalue weighted by atomic mass is 35.5. The number of hydrogen-bond donors (Lipinski definition) is 1. The second kappa shape index (κ2) is 7.79. The first-order valence-corrected chi connectivity index (χ1v) is 5.37. The standard InChI is InChI=1S/C10H18F2N2O.ClH/c1-13-6-2-3-10(15)14(7-9(11)12)8-4-5-8;/h8-9,13H,2-7H2,1H3;1H. The zero-order valence-electron chi connectivity index (χ0n) is 9.42. The van der Waals surface area contributed by atoms with Gasteiger partial charge in [0.25, 0.3) is 6.43 Å². The average Bonchev–Trinajstić information content (AvgIpc) is 2.97. The summed E-state index contributed by atoms with van der Waals surface area (Å²) in [5.74, 6) is -0.131. The van der Waals surface area contributed by atoms with Gasteiger partial charge in [-0.3, -0.25) is 4.79 Å². The van der Waals surface area contributed by atoms with Crippen molar-refractivity contribution in [3.8, 4) is 0 Å². The van der Waals surface area contributed by atoms with E-state index in [4.69, 9.17) is 0 Å². The van der Waals surface area contributed by atoms with Crippen molar-refractivity contribution >= 4 is 18.3 Å². The van der Waals surface area contributed by atoms with Crippen LogP contribution in [0.3, 0.4) is 0 Å². The van der Waals surface area contributed by atoms with Crippen LogP contribution in [0.25, 0.3) is 0 Å². The van der Waals surface area contributed by atoms with E-state index in [0.29, 0.717) is 12.8 Å². The molecule has 1 amide bonds. The average molecular weight is 257 g/mol. The highest BCUT2D eigenvalue weighted by molar-refractivity contribution is 5.85. The largest absolute Gasteiger partial charge is 0.334 e. The van der Waals surface area contributed by atoms with Crippen LogP contribution in [0.2, 0.25) is 0 Å². The van der Waals surface area contributed by atoms with Gasteiger partial charge in [0.1, 0.15) is 0 Å². The fourth-order valence-electron chi connectivity index (χ4n) is 1.55. The molecule has 0 unspecified atom stereocenters. The topological polar surface area (TPSA) is 32.3 Å². The molecule has 0 heterocycles. The molecule has 0 saturated heterocycles. The molecule has 1 N–H and O–H groups in total. The van der Waals surface area contributed by atoms with E-state index in [0.717, 1.165) is 19.4 Å². The Balaban J connectivity index is 0.00000225. The van der Waals surface area contributed by atoms with Crippen molar-refractivity contribution in [3.05, 3.63) is 0 Å². The minimum atomic E-state index is -2.42. The molecule has 1 saturated carbocycles. The van der Waals surface area contributed by atoms with E-state index in [1.165, 1.54) is 4.90 Å². The zero-order valence-corrected chi connectivity index (χ0v) is 10.2. The molecule has 3 nitrogen and oxygen atoms in total. The van der Waals surface area contributed by atoms with Crippen LogP contribution in [0.5, 0.6) is 0 Å². The molecule has 0 bridgehead atoms. The van der Waals surface area contributed by atoms with E-state index < -0.39 is 13.0 Å². The Labute approximate surface area is 101 Å². The van der Waals surface area contributed by atoms with E-state index in [1.807, 2.05) is 7.05 Å². The van der Waals surface area contributed by atoms with Gasteiger partial charge >= 0.3 is 0 Å². The van der Waals surface area contributed by atoms with Gasteiger partial charge in [0.05, 0.1) is 6.54 Å². The van der Waals surface area contributed by atoms with Gasteiger partial charge in [-0.05, 0) is 32.9 Å². The molecule has 0 radical (unpaired) electrons. The van der Waals surface area contributed by atoms with Crippen molar-refractivity contribution in [1.82, 2.24) is 10.2 Å². The lowest BCUT2D eigenvalue weighted by Gasteiger charge is -2.21. The minimum absolute atomic E-state index is 0. The van der Waals surface area contributed by atoms with Gasteiger partial charge in [-0.2, -0.15) is 0 Å². The van der Waals surface area contributed by atoms with Crippen LogP contribution >= 0.6 is 12.4 Å². The molecule has 1 rings (SSSR count). The monoisotopic (exact) mass is 256 g/mol. The predicted octanol–water partition coefficient (Wildman–Crippen LogP) is 1.66. The Morgan fingerprint density at radius 2 is 2.12 bits per heavy atom. The molecule has 1 aliphatic rings. The Morgan fingerprint density at radius 1 is 1.50 bits per heavy atom. The Kier molecular flexibility index (Phi) is 7.58. The lowest BCUT2D eigenvalue weighted by Crippen LogP contribution is -2.37. The molecule has 16 heavy (non-hydrogen) atoms. The number of carbonyl (C=O) groups is 1. The van der Waals surface area contributed by atoms with Crippen molar-refractivity contribution < 1.29 is 13.6 Å². The SMILES string of the molecule is CNCCCC(=O)N(CC(F)F)C1CC1.Cl. The van der Waals surface area contributed by atoms with E-state index >= 15 is 0 Å². The smallest absolute Gasteiger partial charge is 0.255 e. The maximum absolute atomic E-state index is 12.2. The van der Waals surface area contributed by atoms with Crippen LogP contribution in [-0.2, 0) is 4.79 Å². The summed E-state index contributed by atoms with van der Waals surface area (Å²) in [5.41, 5.74) is 0. The molecule has 0 atom stereocenters. The quantitative estimate of drug-likeness (QED) is 0.703. The Morgan fingerprint density at radius 3 is 2.56 bits per heavy atom. The summed E-state index contributed by atoms with van der Waals surface area (Å²) in [4.78, 5) is 12.9. The van der Waals surface area contributed by atoms with Crippen molar-refractivity contribution in [2.45, 2.75) is 38.2 Å². The van der Waals surface area contributed by atoms with Crippen LogP contribution in [0.4, 0.5) is 8.78 Å². The Bertz CT molecular complexity index is 213. The molecule has 0 aromatic rings. The maximum Gasteiger partial charge on any atom is 0.255 e. The summed E-state index contributed by atoms with van der Waals surface area (Å²) in [6, 6.07) is 0.0843. The summed E-state index contributed by atoms with van der Waals surface area (Å²) < 4.78 is 24.4. The first kappa shape index (κ1) is 15.6. The van der Waals surface area contributed by atoms with Crippen LogP contribution in [0.1, 0.15) is 25.7 Å². The summed E-state index contributed by atoms with van der Waals surface area (Å²) >= 11 is 0. The number of nitrogens with zero attached hydrogens (tertiary/aromatic N) is 1. The number of amides is 1. The summed E-state index contributed by atoms with van der Waals surface area (Å²) in [7, 11) is 1.81. The number of nitrogens with one attached hydrogen (secondary N) is 1. The first-order chi connectivity index (χ1) is 7.15. The van der Waals surface area contributed by atoms with Gasteiger partial charge in [0.15, 0.2) is 0 Å². The number of hydrogen-bond acceptors (Lipinski definition) is 2. The van der Waals surface area contributed by atoms with Crippen molar-refractivity contribution in [2.24, 2.45) is 0 Å². The fourth-order valence-corrected chi connectivity index (χ4v) is 1.55. The third kappa shape index (κ3) is 5.61. The second-order valence-electron chi connectivity index (χ2n) is 3.88. The van der Waals surface area contributed by atoms with Gasteiger partial charge in [-0.25, -0.2) is 8.78 Å². The van der Waals surface area contributed by atoms with Crippen LogP contribution in [-0.4, -0.2) is 43.4 Å². The number of rotatable bonds is 7. The molecule has 0 aromatic carbocycles. The Hall–Kier alpha value is -0.420. The van der Waals surface area contributed by atoms with Gasteiger partial charge in [-0.15, -0.1) is 12.4 Å². The molecule has 0 spiro atoms. The molecule has 6 heteroatoms. The molecular formula is C10H19ClF2N2O. The van der Waals surface area contributed by atoms with E-state index in [9.17, 15) is 13.6 Å². The molecule has 1 aliphatic carbocycles. The summed E-state index contributed by atoms with van der Waals surface area (Å²) in [6.07, 6.45) is 0.416. The third-order valence-electron chi connectivity index (χ3n) is 2.46. The number of alkyl halides is 2. The molecule has 96 valence electrons. The number of halogens is 3. The minimum Gasteiger partial charge on any atom is -0.334 e. The maximum atomic E-state index is 12.2. The second-order valence-corrected chi connectivity index (χ2v) is 3.88. The number of carbonyl (C=O) groups excluding carboxylic acids is 1. The van der Waals surface area contributed by atoms with Crippen LogP contribution in [0, 0.1) is 0 Å². The lowest BCUT2D eigenvalue weighted by molar-refractivity contribution is -0.133. The summed E-state index contributed by atoms with van der Waals surface area (Å²) in [6.45, 7) is 0.349.